The molecule has 0 aliphatic carbocycles. The van der Waals surface area contributed by atoms with Crippen LogP contribution in [0, 0.1) is 11.3 Å². The Hall–Kier alpha value is -2.41. The van der Waals surface area contributed by atoms with E-state index in [1.165, 1.54) is 40.3 Å². The van der Waals surface area contributed by atoms with E-state index in [0.29, 0.717) is 29.2 Å². The van der Waals surface area contributed by atoms with Crippen LogP contribution in [0.1, 0.15) is 15.9 Å². The molecule has 0 unspecified atom stereocenters. The third-order valence-electron chi connectivity index (χ3n) is 4.34. The van der Waals surface area contributed by atoms with Crippen LogP contribution in [0.25, 0.3) is 0 Å². The van der Waals surface area contributed by atoms with Crippen LogP contribution < -0.4 is 0 Å². The van der Waals surface area contributed by atoms with E-state index in [1.54, 1.807) is 23.2 Å². The molecule has 0 bridgehead atoms. The summed E-state index contributed by atoms with van der Waals surface area (Å²) in [5, 5.41) is 9.50. The number of pyridine rings is 1. The summed E-state index contributed by atoms with van der Waals surface area (Å²) < 4.78 is 26.9. The van der Waals surface area contributed by atoms with Gasteiger partial charge in [-0.25, -0.2) is 13.4 Å². The molecule has 0 atom stereocenters. The van der Waals surface area contributed by atoms with Crippen LogP contribution in [0.2, 0.25) is 0 Å². The summed E-state index contributed by atoms with van der Waals surface area (Å²) in [6, 6.07) is 11.3. The van der Waals surface area contributed by atoms with Crippen LogP contribution >= 0.6 is 11.8 Å². The third kappa shape index (κ3) is 3.98. The van der Waals surface area contributed by atoms with Crippen LogP contribution in [-0.4, -0.2) is 60.9 Å². The Morgan fingerprint density at radius 1 is 1.15 bits per heavy atom. The van der Waals surface area contributed by atoms with Crippen LogP contribution in [0.4, 0.5) is 0 Å². The second-order valence-electron chi connectivity index (χ2n) is 5.89. The zero-order valence-electron chi connectivity index (χ0n) is 14.7. The molecular weight excluding hydrogens is 384 g/mol. The van der Waals surface area contributed by atoms with Gasteiger partial charge in [-0.3, -0.25) is 4.79 Å². The summed E-state index contributed by atoms with van der Waals surface area (Å²) >= 11 is 1.40. The molecule has 1 saturated heterocycles. The third-order valence-corrected chi connectivity index (χ3v) is 6.97. The average Bonchev–Trinajstić information content (AvgIpc) is 2.73. The standard InChI is InChI=1S/C18H18N4O3S2/c1-26-17-16(3-2-8-20-17)18(23)21-9-11-22(12-10-21)27(24,25)15-6-4-14(13-19)5-7-15/h2-8H,9-12H2,1H3. The van der Waals surface area contributed by atoms with Crippen molar-refractivity contribution in [3.8, 4) is 6.07 Å². The Labute approximate surface area is 162 Å². The second kappa shape index (κ2) is 8.08. The molecule has 0 saturated carbocycles. The summed E-state index contributed by atoms with van der Waals surface area (Å²) in [4.78, 5) is 18.8. The molecule has 1 aliphatic rings. The van der Waals surface area contributed by atoms with Crippen LogP contribution in [0.5, 0.6) is 0 Å². The van der Waals surface area contributed by atoms with Crippen molar-refractivity contribution in [2.75, 3.05) is 32.4 Å². The van der Waals surface area contributed by atoms with Gasteiger partial charge in [0, 0.05) is 32.4 Å². The quantitative estimate of drug-likeness (QED) is 0.724. The molecule has 9 heteroatoms. The lowest BCUT2D eigenvalue weighted by Crippen LogP contribution is -2.50. The Morgan fingerprint density at radius 3 is 2.41 bits per heavy atom. The highest BCUT2D eigenvalue weighted by Gasteiger charge is 2.31. The molecule has 0 radical (unpaired) electrons. The lowest BCUT2D eigenvalue weighted by Gasteiger charge is -2.34. The fourth-order valence-electron chi connectivity index (χ4n) is 2.87. The van der Waals surface area contributed by atoms with Crippen LogP contribution in [-0.2, 0) is 10.0 Å². The number of nitrogens with zero attached hydrogens (tertiary/aromatic N) is 4. The van der Waals surface area contributed by atoms with Gasteiger partial charge in [0.2, 0.25) is 10.0 Å². The smallest absolute Gasteiger partial charge is 0.256 e. The molecule has 1 aromatic heterocycles. The minimum Gasteiger partial charge on any atom is -0.336 e. The molecule has 0 spiro atoms. The highest BCUT2D eigenvalue weighted by Crippen LogP contribution is 2.22. The predicted octanol–water partition coefficient (Wildman–Crippen LogP) is 1.82. The largest absolute Gasteiger partial charge is 0.336 e. The van der Waals surface area contributed by atoms with E-state index in [-0.39, 0.29) is 23.9 Å². The van der Waals surface area contributed by atoms with Gasteiger partial charge in [0.05, 0.1) is 22.1 Å². The van der Waals surface area contributed by atoms with E-state index in [2.05, 4.69) is 4.98 Å². The predicted molar refractivity (Wildman–Crippen MR) is 102 cm³/mol. The number of carbonyl (C=O) groups is 1. The maximum Gasteiger partial charge on any atom is 0.256 e. The van der Waals surface area contributed by atoms with E-state index in [9.17, 15) is 13.2 Å². The number of rotatable bonds is 4. The molecule has 2 heterocycles. The SMILES string of the molecule is CSc1ncccc1C(=O)N1CCN(S(=O)(=O)c2ccc(C#N)cc2)CC1. The number of benzene rings is 1. The summed E-state index contributed by atoms with van der Waals surface area (Å²) in [6.45, 7) is 1.08. The lowest BCUT2D eigenvalue weighted by molar-refractivity contribution is 0.0693. The molecule has 1 amide bonds. The Balaban J connectivity index is 1.71. The Bertz CT molecular complexity index is 976. The first-order valence-electron chi connectivity index (χ1n) is 8.26. The van der Waals surface area contributed by atoms with Gasteiger partial charge in [0.15, 0.2) is 0 Å². The van der Waals surface area contributed by atoms with Crippen molar-refractivity contribution in [1.29, 1.82) is 5.26 Å². The second-order valence-corrected chi connectivity index (χ2v) is 8.63. The number of carbonyl (C=O) groups excluding carboxylic acids is 1. The van der Waals surface area contributed by atoms with E-state index in [4.69, 9.17) is 5.26 Å². The van der Waals surface area contributed by atoms with Gasteiger partial charge in [-0.2, -0.15) is 9.57 Å². The number of thioether (sulfide) groups is 1. The number of amides is 1. The first-order chi connectivity index (χ1) is 13.0. The van der Waals surface area contributed by atoms with Crippen molar-refractivity contribution < 1.29 is 13.2 Å². The average molecular weight is 403 g/mol. The molecule has 140 valence electrons. The molecular formula is C18H18N4O3S2. The maximum atomic E-state index is 12.8. The summed E-state index contributed by atoms with van der Waals surface area (Å²) in [5.74, 6) is -0.136. The molecule has 3 rings (SSSR count). The van der Waals surface area contributed by atoms with Crippen molar-refractivity contribution in [3.63, 3.8) is 0 Å². The highest BCUT2D eigenvalue weighted by atomic mass is 32.2. The number of aromatic nitrogens is 1. The van der Waals surface area contributed by atoms with Crippen molar-refractivity contribution >= 4 is 27.7 Å². The fraction of sp³-hybridized carbons (Fsp3) is 0.278. The molecule has 7 nitrogen and oxygen atoms in total. The van der Waals surface area contributed by atoms with Crippen molar-refractivity contribution in [2.24, 2.45) is 0 Å². The Kier molecular flexibility index (Phi) is 5.79. The van der Waals surface area contributed by atoms with E-state index in [1.807, 2.05) is 12.3 Å². The molecule has 0 N–H and O–H groups in total. The van der Waals surface area contributed by atoms with Gasteiger partial charge in [-0.1, -0.05) is 0 Å². The normalized spacial score (nSPS) is 15.3. The van der Waals surface area contributed by atoms with Crippen molar-refractivity contribution in [2.45, 2.75) is 9.92 Å². The number of sulfonamides is 1. The highest BCUT2D eigenvalue weighted by molar-refractivity contribution is 7.98. The van der Waals surface area contributed by atoms with E-state index in [0.717, 1.165) is 0 Å². The number of nitriles is 1. The van der Waals surface area contributed by atoms with Crippen molar-refractivity contribution in [1.82, 2.24) is 14.2 Å². The zero-order valence-corrected chi connectivity index (χ0v) is 16.3. The topological polar surface area (TPSA) is 94.4 Å². The van der Waals surface area contributed by atoms with Crippen LogP contribution in [0.15, 0.2) is 52.5 Å². The first-order valence-corrected chi connectivity index (χ1v) is 10.9. The Morgan fingerprint density at radius 2 is 1.81 bits per heavy atom. The molecule has 1 fully saturated rings. The zero-order chi connectivity index (χ0) is 19.4. The van der Waals surface area contributed by atoms with Gasteiger partial charge >= 0.3 is 0 Å². The van der Waals surface area contributed by atoms with E-state index >= 15 is 0 Å². The monoisotopic (exact) mass is 402 g/mol. The summed E-state index contributed by atoms with van der Waals surface area (Å²) in [7, 11) is -3.64. The fourth-order valence-corrected chi connectivity index (χ4v) is 4.83. The van der Waals surface area contributed by atoms with Gasteiger partial charge < -0.3 is 4.90 Å². The molecule has 27 heavy (non-hydrogen) atoms. The number of hydrogen-bond acceptors (Lipinski definition) is 6. The maximum absolute atomic E-state index is 12.8. The van der Waals surface area contributed by atoms with Crippen LogP contribution in [0.3, 0.4) is 0 Å². The molecule has 1 aromatic carbocycles. The minimum atomic E-state index is -3.64. The van der Waals surface area contributed by atoms with Gasteiger partial charge in [-0.15, -0.1) is 11.8 Å². The minimum absolute atomic E-state index is 0.136. The van der Waals surface area contributed by atoms with E-state index < -0.39 is 10.0 Å². The summed E-state index contributed by atoms with van der Waals surface area (Å²) in [6.07, 6.45) is 3.51. The summed E-state index contributed by atoms with van der Waals surface area (Å²) in [5.41, 5.74) is 0.943. The first kappa shape index (κ1) is 19.4. The number of piperazine rings is 1. The van der Waals surface area contributed by atoms with Gasteiger partial charge in [-0.05, 0) is 42.7 Å². The van der Waals surface area contributed by atoms with Crippen molar-refractivity contribution in [3.05, 3.63) is 53.7 Å². The lowest BCUT2D eigenvalue weighted by atomic mass is 10.2. The molecule has 1 aliphatic heterocycles. The van der Waals surface area contributed by atoms with Gasteiger partial charge in [0.1, 0.15) is 5.03 Å². The number of hydrogen-bond donors (Lipinski definition) is 0. The van der Waals surface area contributed by atoms with Gasteiger partial charge in [0.25, 0.3) is 5.91 Å². The molecule has 2 aromatic rings.